The maximum atomic E-state index is 13.2. The van der Waals surface area contributed by atoms with E-state index in [4.69, 9.17) is 4.74 Å². The predicted octanol–water partition coefficient (Wildman–Crippen LogP) is 3.41. The van der Waals surface area contributed by atoms with Gasteiger partial charge in [-0.15, -0.1) is 0 Å². The molecule has 1 saturated carbocycles. The third kappa shape index (κ3) is 3.89. The van der Waals surface area contributed by atoms with E-state index in [-0.39, 0.29) is 40.7 Å². The van der Waals surface area contributed by atoms with Gasteiger partial charge in [0.25, 0.3) is 0 Å². The Labute approximate surface area is 172 Å². The summed E-state index contributed by atoms with van der Waals surface area (Å²) in [6, 6.07) is 3.03. The quantitative estimate of drug-likeness (QED) is 0.742. The van der Waals surface area contributed by atoms with Crippen molar-refractivity contribution in [1.82, 2.24) is 9.97 Å². The number of hydrogen-bond acceptors (Lipinski definition) is 6. The summed E-state index contributed by atoms with van der Waals surface area (Å²) >= 11 is 0. The first-order chi connectivity index (χ1) is 14.0. The molecule has 30 heavy (non-hydrogen) atoms. The average Bonchev–Trinajstić information content (AvgIpc) is 2.71. The summed E-state index contributed by atoms with van der Waals surface area (Å²) in [6.07, 6.45) is 0.111. The first-order valence-corrected chi connectivity index (χ1v) is 9.40. The third-order valence-corrected chi connectivity index (χ3v) is 6.19. The molecular formula is C20H24F3N6O+. The lowest BCUT2D eigenvalue weighted by Crippen LogP contribution is -2.65. The minimum absolute atomic E-state index is 0.0119. The number of nitriles is 1. The molecule has 3 rings (SSSR count). The number of pyridine rings is 1. The number of halogens is 3. The van der Waals surface area contributed by atoms with E-state index >= 15 is 0 Å². The van der Waals surface area contributed by atoms with Gasteiger partial charge in [0.1, 0.15) is 17.5 Å². The summed E-state index contributed by atoms with van der Waals surface area (Å²) in [4.78, 5) is 11.0. The van der Waals surface area contributed by atoms with Crippen molar-refractivity contribution >= 4 is 11.8 Å². The molecule has 0 radical (unpaired) electrons. The van der Waals surface area contributed by atoms with E-state index in [0.717, 1.165) is 12.5 Å². The Morgan fingerprint density at radius 2 is 2.10 bits per heavy atom. The Kier molecular flexibility index (Phi) is 5.60. The van der Waals surface area contributed by atoms with Crippen LogP contribution in [0.1, 0.15) is 43.9 Å². The minimum atomic E-state index is -4.46. The normalized spacial score (nSPS) is 22.7. The van der Waals surface area contributed by atoms with Crippen molar-refractivity contribution in [1.29, 1.82) is 5.26 Å². The molecule has 7 nitrogen and oxygen atoms in total. The molecule has 10 heteroatoms. The fourth-order valence-electron chi connectivity index (χ4n) is 3.61. The molecule has 1 fully saturated rings. The molecule has 2 unspecified atom stereocenters. The molecule has 0 saturated heterocycles. The van der Waals surface area contributed by atoms with Crippen LogP contribution in [-0.2, 0) is 17.5 Å². The van der Waals surface area contributed by atoms with E-state index in [1.807, 2.05) is 13.0 Å². The van der Waals surface area contributed by atoms with Gasteiger partial charge in [0, 0.05) is 36.7 Å². The first kappa shape index (κ1) is 21.8. The number of hydrogen-bond donors (Lipinski definition) is 2. The zero-order chi connectivity index (χ0) is 22.2. The number of nitrogens with zero attached hydrogens (tertiary/aromatic N) is 3. The highest BCUT2D eigenvalue weighted by atomic mass is 19.4. The third-order valence-electron chi connectivity index (χ3n) is 6.19. The van der Waals surface area contributed by atoms with Crippen molar-refractivity contribution in [3.05, 3.63) is 41.3 Å². The van der Waals surface area contributed by atoms with Gasteiger partial charge < -0.3 is 15.4 Å². The summed E-state index contributed by atoms with van der Waals surface area (Å²) in [5, 5.41) is 15.5. The van der Waals surface area contributed by atoms with Gasteiger partial charge in [0.15, 0.2) is 12.4 Å². The average molecular weight is 421 g/mol. The van der Waals surface area contributed by atoms with Crippen LogP contribution in [0.3, 0.4) is 0 Å². The molecule has 0 amide bonds. The Bertz CT molecular complexity index is 972. The standard InChI is InChI=1S/C20H23F3N6O/c1-18(2)15(7-19(18,3)30-4)28-16-12(8-24)10-26-17(29-16)27-11-13-9-25-6-5-14(13)20(21,22)23/h5-6,9-10,15H,7,11H2,1-4H3,(H2,26,27,28,29)/p+1. The van der Waals surface area contributed by atoms with Gasteiger partial charge in [0.05, 0.1) is 17.4 Å². The van der Waals surface area contributed by atoms with Gasteiger partial charge in [-0.05, 0) is 13.3 Å². The van der Waals surface area contributed by atoms with Crippen LogP contribution in [-0.4, -0.2) is 28.7 Å². The minimum Gasteiger partial charge on any atom is -0.378 e. The topological polar surface area (TPSA) is 97.0 Å². The van der Waals surface area contributed by atoms with Crippen molar-refractivity contribution in [2.75, 3.05) is 17.7 Å². The summed E-state index contributed by atoms with van der Waals surface area (Å²) in [6.45, 7) is 6.02. The lowest BCUT2D eigenvalue weighted by atomic mass is 9.56. The van der Waals surface area contributed by atoms with Crippen LogP contribution in [0.15, 0.2) is 24.7 Å². The van der Waals surface area contributed by atoms with Gasteiger partial charge >= 0.3 is 6.18 Å². The molecule has 160 valence electrons. The van der Waals surface area contributed by atoms with Gasteiger partial charge in [-0.3, -0.25) is 0 Å². The van der Waals surface area contributed by atoms with E-state index in [2.05, 4.69) is 39.4 Å². The van der Waals surface area contributed by atoms with Crippen LogP contribution in [0.25, 0.3) is 0 Å². The number of methoxy groups -OCH3 is 1. The second kappa shape index (κ2) is 7.72. The highest BCUT2D eigenvalue weighted by Crippen LogP contribution is 2.52. The summed E-state index contributed by atoms with van der Waals surface area (Å²) in [7, 11) is 1.67. The van der Waals surface area contributed by atoms with Gasteiger partial charge in [-0.25, -0.2) is 9.97 Å². The number of alkyl halides is 3. The van der Waals surface area contributed by atoms with Crippen LogP contribution in [0.2, 0.25) is 0 Å². The molecule has 0 spiro atoms. The Morgan fingerprint density at radius 1 is 1.37 bits per heavy atom. The molecule has 2 heterocycles. The van der Waals surface area contributed by atoms with E-state index in [0.29, 0.717) is 5.82 Å². The largest absolute Gasteiger partial charge is 0.417 e. The molecule has 0 aliphatic heterocycles. The smallest absolute Gasteiger partial charge is 0.378 e. The number of nitrogens with one attached hydrogen (secondary N) is 3. The van der Waals surface area contributed by atoms with E-state index < -0.39 is 11.7 Å². The van der Waals surface area contributed by atoms with E-state index in [9.17, 15) is 18.4 Å². The lowest BCUT2D eigenvalue weighted by molar-refractivity contribution is -0.379. The van der Waals surface area contributed by atoms with Crippen molar-refractivity contribution in [3.8, 4) is 6.07 Å². The number of H-pyrrole nitrogens is 1. The van der Waals surface area contributed by atoms with E-state index in [1.165, 1.54) is 18.6 Å². The lowest BCUT2D eigenvalue weighted by Gasteiger charge is -2.59. The van der Waals surface area contributed by atoms with E-state index in [1.54, 1.807) is 7.11 Å². The molecule has 2 aromatic heterocycles. The van der Waals surface area contributed by atoms with Crippen LogP contribution < -0.4 is 15.6 Å². The number of rotatable bonds is 6. The Balaban J connectivity index is 1.78. The number of aromatic nitrogens is 3. The molecule has 2 atom stereocenters. The second-order valence-corrected chi connectivity index (χ2v) is 8.06. The van der Waals surface area contributed by atoms with Crippen molar-refractivity contribution < 1.29 is 22.9 Å². The highest BCUT2D eigenvalue weighted by molar-refractivity contribution is 5.55. The molecule has 0 bridgehead atoms. The SMILES string of the molecule is COC1(C)CC(Nc2nc(NCc3c[nH+]ccc3C(F)(F)F)ncc2C#N)C1(C)C. The Morgan fingerprint density at radius 3 is 2.70 bits per heavy atom. The van der Waals surface area contributed by atoms with Gasteiger partial charge in [0.2, 0.25) is 5.95 Å². The molecular weight excluding hydrogens is 397 g/mol. The van der Waals surface area contributed by atoms with Crippen molar-refractivity contribution in [2.24, 2.45) is 5.41 Å². The zero-order valence-electron chi connectivity index (χ0n) is 17.2. The fourth-order valence-corrected chi connectivity index (χ4v) is 3.61. The molecule has 1 aliphatic carbocycles. The Hall–Kier alpha value is -2.93. The monoisotopic (exact) mass is 421 g/mol. The highest BCUT2D eigenvalue weighted by Gasteiger charge is 2.58. The van der Waals surface area contributed by atoms with Gasteiger partial charge in [-0.1, -0.05) is 13.8 Å². The summed E-state index contributed by atoms with van der Waals surface area (Å²) < 4.78 is 45.1. The number of aromatic amines is 1. The van der Waals surface area contributed by atoms with Crippen LogP contribution in [0.4, 0.5) is 24.9 Å². The molecule has 3 N–H and O–H groups in total. The van der Waals surface area contributed by atoms with Crippen LogP contribution in [0.5, 0.6) is 0 Å². The summed E-state index contributed by atoms with van der Waals surface area (Å²) in [5.41, 5.74) is -0.969. The van der Waals surface area contributed by atoms with Crippen molar-refractivity contribution in [3.63, 3.8) is 0 Å². The maximum absolute atomic E-state index is 13.2. The maximum Gasteiger partial charge on any atom is 0.417 e. The van der Waals surface area contributed by atoms with Crippen LogP contribution in [0, 0.1) is 16.7 Å². The number of ether oxygens (including phenoxy) is 1. The number of anilines is 2. The molecule has 0 aromatic carbocycles. The molecule has 1 aliphatic rings. The first-order valence-electron chi connectivity index (χ1n) is 9.40. The zero-order valence-corrected chi connectivity index (χ0v) is 17.2. The van der Waals surface area contributed by atoms with Crippen LogP contribution >= 0.6 is 0 Å². The molecule has 2 aromatic rings. The fraction of sp³-hybridized carbons (Fsp3) is 0.500. The summed E-state index contributed by atoms with van der Waals surface area (Å²) in [5.74, 6) is 0.460. The predicted molar refractivity (Wildman–Crippen MR) is 103 cm³/mol. The van der Waals surface area contributed by atoms with Crippen molar-refractivity contribution in [2.45, 2.75) is 51.6 Å². The second-order valence-electron chi connectivity index (χ2n) is 8.06. The van der Waals surface area contributed by atoms with Gasteiger partial charge in [-0.2, -0.15) is 23.4 Å².